The number of nitrogens with zero attached hydrogens (tertiary/aromatic N) is 3. The summed E-state index contributed by atoms with van der Waals surface area (Å²) in [7, 11) is 0. The van der Waals surface area contributed by atoms with Crippen molar-refractivity contribution in [1.29, 1.82) is 0 Å². The molecule has 1 saturated carbocycles. The molecule has 158 valence electrons. The van der Waals surface area contributed by atoms with Gasteiger partial charge in [0.1, 0.15) is 0 Å². The summed E-state index contributed by atoms with van der Waals surface area (Å²) in [5, 5.41) is 0. The molecule has 1 aromatic rings. The molecular weight excluding hydrogens is 364 g/mol. The zero-order valence-corrected chi connectivity index (χ0v) is 18.3. The number of aromatic amines is 1. The second-order valence-corrected chi connectivity index (χ2v) is 10.2. The Bertz CT molecular complexity index is 893. The Hall–Kier alpha value is -1.66. The van der Waals surface area contributed by atoms with Crippen LogP contribution in [0.5, 0.6) is 0 Å². The number of allylic oxidation sites excluding steroid dienone is 1. The lowest BCUT2D eigenvalue weighted by Crippen LogP contribution is -2.47. The van der Waals surface area contributed by atoms with Crippen molar-refractivity contribution in [3.8, 4) is 0 Å². The number of nitrogens with one attached hydrogen (secondary N) is 1. The molecule has 0 radical (unpaired) electrons. The number of hydrogen-bond acceptors (Lipinski definition) is 5. The molecule has 3 aliphatic carbocycles. The van der Waals surface area contributed by atoms with E-state index in [0.717, 1.165) is 56.3 Å². The average Bonchev–Trinajstić information content (AvgIpc) is 2.67. The molecule has 0 unspecified atom stereocenters. The summed E-state index contributed by atoms with van der Waals surface area (Å²) in [5.74, 6) is 1.60. The molecule has 2 bridgehead atoms. The summed E-state index contributed by atoms with van der Waals surface area (Å²) in [6.07, 6.45) is 4.98. The minimum Gasteiger partial charge on any atom is -0.372 e. The molecular formula is C23H34N4O2. The zero-order chi connectivity index (χ0) is 20.3. The monoisotopic (exact) mass is 398 g/mol. The number of ether oxygens (including phenoxy) is 1. The summed E-state index contributed by atoms with van der Waals surface area (Å²) < 4.78 is 5.84. The summed E-state index contributed by atoms with van der Waals surface area (Å²) in [5.41, 5.74) is 5.66. The first-order chi connectivity index (χ1) is 13.8. The molecule has 0 amide bonds. The lowest BCUT2D eigenvalue weighted by Gasteiger charge is -2.53. The van der Waals surface area contributed by atoms with Gasteiger partial charge in [-0.25, -0.2) is 4.98 Å². The number of morpholine rings is 1. The van der Waals surface area contributed by atoms with Gasteiger partial charge in [0.05, 0.1) is 17.9 Å². The maximum atomic E-state index is 12.7. The van der Waals surface area contributed by atoms with Crippen molar-refractivity contribution in [3.05, 3.63) is 32.8 Å². The van der Waals surface area contributed by atoms with E-state index in [1.807, 2.05) is 0 Å². The molecule has 29 heavy (non-hydrogen) atoms. The van der Waals surface area contributed by atoms with Crippen LogP contribution in [0.15, 0.2) is 15.9 Å². The van der Waals surface area contributed by atoms with Crippen LogP contribution in [-0.4, -0.2) is 53.3 Å². The van der Waals surface area contributed by atoms with Crippen LogP contribution in [-0.2, 0) is 17.7 Å². The lowest BCUT2D eigenvalue weighted by molar-refractivity contribution is -0.00576. The van der Waals surface area contributed by atoms with Crippen molar-refractivity contribution >= 4 is 5.95 Å². The molecule has 0 spiro atoms. The largest absolute Gasteiger partial charge is 0.372 e. The van der Waals surface area contributed by atoms with Gasteiger partial charge in [-0.1, -0.05) is 25.0 Å². The third kappa shape index (κ3) is 3.34. The van der Waals surface area contributed by atoms with Crippen molar-refractivity contribution in [3.63, 3.8) is 0 Å². The highest BCUT2D eigenvalue weighted by molar-refractivity contribution is 5.37. The van der Waals surface area contributed by atoms with Crippen molar-refractivity contribution in [2.75, 3.05) is 31.1 Å². The van der Waals surface area contributed by atoms with Crippen molar-refractivity contribution < 1.29 is 4.74 Å². The molecule has 3 heterocycles. The van der Waals surface area contributed by atoms with Gasteiger partial charge >= 0.3 is 0 Å². The molecule has 6 heteroatoms. The van der Waals surface area contributed by atoms with E-state index in [2.05, 4.69) is 42.5 Å². The van der Waals surface area contributed by atoms with Crippen molar-refractivity contribution in [2.24, 2.45) is 11.3 Å². The lowest BCUT2D eigenvalue weighted by atomic mass is 9.52. The van der Waals surface area contributed by atoms with E-state index < -0.39 is 0 Å². The molecule has 1 aromatic heterocycles. The highest BCUT2D eigenvalue weighted by Crippen LogP contribution is 2.58. The van der Waals surface area contributed by atoms with Gasteiger partial charge in [-0.3, -0.25) is 14.7 Å². The minimum atomic E-state index is 0.0408. The molecule has 0 aromatic carbocycles. The SMILES string of the molecule is C[C@@H]1CN(c2nc3c(c(=O)[nH]2)CCN(CC2=C4C[C@@H](CC2)C4(C)C)C3)C[C@@H](C)O1. The van der Waals surface area contributed by atoms with Gasteiger partial charge in [-0.15, -0.1) is 0 Å². The predicted molar refractivity (Wildman–Crippen MR) is 114 cm³/mol. The van der Waals surface area contributed by atoms with E-state index in [-0.39, 0.29) is 17.8 Å². The van der Waals surface area contributed by atoms with Gasteiger partial charge < -0.3 is 9.64 Å². The van der Waals surface area contributed by atoms with Crippen molar-refractivity contribution in [1.82, 2.24) is 14.9 Å². The minimum absolute atomic E-state index is 0.0408. The third-order valence-corrected chi connectivity index (χ3v) is 7.74. The summed E-state index contributed by atoms with van der Waals surface area (Å²) >= 11 is 0. The Labute approximate surface area is 173 Å². The fourth-order valence-corrected chi connectivity index (χ4v) is 6.00. The first-order valence-corrected chi connectivity index (χ1v) is 11.3. The summed E-state index contributed by atoms with van der Waals surface area (Å²) in [4.78, 5) is 25.4. The zero-order valence-electron chi connectivity index (χ0n) is 18.3. The van der Waals surface area contributed by atoms with Crippen LogP contribution in [0.4, 0.5) is 5.95 Å². The summed E-state index contributed by atoms with van der Waals surface area (Å²) in [6.45, 7) is 13.3. The predicted octanol–water partition coefficient (Wildman–Crippen LogP) is 2.88. The van der Waals surface area contributed by atoms with Gasteiger partial charge in [-0.05, 0) is 50.9 Å². The maximum absolute atomic E-state index is 12.7. The van der Waals surface area contributed by atoms with Crippen LogP contribution >= 0.6 is 0 Å². The van der Waals surface area contributed by atoms with E-state index >= 15 is 0 Å². The second-order valence-electron chi connectivity index (χ2n) is 10.2. The Kier molecular flexibility index (Phi) is 4.63. The van der Waals surface area contributed by atoms with Crippen LogP contribution in [0.1, 0.15) is 58.2 Å². The van der Waals surface area contributed by atoms with Crippen LogP contribution in [0, 0.1) is 11.3 Å². The molecule has 6 rings (SSSR count). The molecule has 1 saturated heterocycles. The Morgan fingerprint density at radius 3 is 2.66 bits per heavy atom. The fourth-order valence-electron chi connectivity index (χ4n) is 6.00. The third-order valence-electron chi connectivity index (χ3n) is 7.74. The molecule has 1 N–H and O–H groups in total. The normalized spacial score (nSPS) is 31.4. The average molecular weight is 399 g/mol. The van der Waals surface area contributed by atoms with Gasteiger partial charge in [0.15, 0.2) is 0 Å². The second kappa shape index (κ2) is 6.95. The number of H-pyrrole nitrogens is 1. The number of fused-ring (bicyclic) bond motifs is 3. The standard InChI is InChI=1S/C23H34N4O2/c1-14-10-27(11-15(2)29-14)22-24-20-13-26(8-7-18(20)21(28)25-22)12-16-5-6-17-9-19(16)23(17,3)4/h14-15,17H,5-13H2,1-4H3,(H,24,25,28)/t14-,15-,17-/m1/s1. The molecule has 5 aliphatic rings. The van der Waals surface area contributed by atoms with Crippen molar-refractivity contribution in [2.45, 2.75) is 72.1 Å². The fraction of sp³-hybridized carbons (Fsp3) is 0.739. The quantitative estimate of drug-likeness (QED) is 0.794. The first-order valence-electron chi connectivity index (χ1n) is 11.3. The number of rotatable bonds is 3. The highest BCUT2D eigenvalue weighted by atomic mass is 16.5. The smallest absolute Gasteiger partial charge is 0.255 e. The van der Waals surface area contributed by atoms with E-state index in [1.54, 1.807) is 11.1 Å². The van der Waals surface area contributed by atoms with E-state index in [0.29, 0.717) is 11.4 Å². The molecule has 6 nitrogen and oxygen atoms in total. The Morgan fingerprint density at radius 2 is 1.97 bits per heavy atom. The van der Waals surface area contributed by atoms with E-state index in [1.165, 1.54) is 19.3 Å². The molecule has 2 fully saturated rings. The van der Waals surface area contributed by atoms with Crippen LogP contribution in [0.25, 0.3) is 0 Å². The van der Waals surface area contributed by atoms with E-state index in [4.69, 9.17) is 9.72 Å². The number of hydrogen-bond donors (Lipinski definition) is 1. The molecule has 2 aliphatic heterocycles. The van der Waals surface area contributed by atoms with Crippen LogP contribution < -0.4 is 10.5 Å². The first kappa shape index (κ1) is 19.3. The van der Waals surface area contributed by atoms with E-state index in [9.17, 15) is 4.79 Å². The number of aromatic nitrogens is 2. The topological polar surface area (TPSA) is 61.5 Å². The molecule has 3 atom stereocenters. The van der Waals surface area contributed by atoms with Crippen LogP contribution in [0.3, 0.4) is 0 Å². The highest BCUT2D eigenvalue weighted by Gasteiger charge is 2.47. The van der Waals surface area contributed by atoms with Gasteiger partial charge in [0, 0.05) is 38.3 Å². The Morgan fingerprint density at radius 1 is 1.21 bits per heavy atom. The van der Waals surface area contributed by atoms with Gasteiger partial charge in [0.25, 0.3) is 5.56 Å². The number of anilines is 1. The van der Waals surface area contributed by atoms with Gasteiger partial charge in [0.2, 0.25) is 5.95 Å². The maximum Gasteiger partial charge on any atom is 0.255 e. The Balaban J connectivity index is 1.36. The summed E-state index contributed by atoms with van der Waals surface area (Å²) in [6, 6.07) is 0. The van der Waals surface area contributed by atoms with Gasteiger partial charge in [-0.2, -0.15) is 0 Å². The van der Waals surface area contributed by atoms with Crippen LogP contribution in [0.2, 0.25) is 0 Å².